The van der Waals surface area contributed by atoms with E-state index in [9.17, 15) is 8.42 Å². The second-order valence-electron chi connectivity index (χ2n) is 7.43. The van der Waals surface area contributed by atoms with Gasteiger partial charge < -0.3 is 9.47 Å². The number of benzene rings is 3. The van der Waals surface area contributed by atoms with Gasteiger partial charge in [0.25, 0.3) is 0 Å². The molecule has 0 N–H and O–H groups in total. The molecule has 7 heteroatoms. The molecule has 0 saturated heterocycles. The Balaban J connectivity index is 1.50. The summed E-state index contributed by atoms with van der Waals surface area (Å²) in [5.74, 6) is 0.862. The van der Waals surface area contributed by atoms with E-state index in [1.807, 2.05) is 60.7 Å². The molecule has 33 heavy (non-hydrogen) atoms. The largest absolute Gasteiger partial charge is 0.495 e. The van der Waals surface area contributed by atoms with Gasteiger partial charge >= 0.3 is 0 Å². The van der Waals surface area contributed by atoms with Crippen molar-refractivity contribution >= 4 is 21.4 Å². The molecular weight excluding hydrogens is 458 g/mol. The minimum atomic E-state index is -3.68. The predicted molar refractivity (Wildman–Crippen MR) is 129 cm³/mol. The highest BCUT2D eigenvalue weighted by Gasteiger charge is 2.21. The molecule has 0 aliphatic rings. The van der Waals surface area contributed by atoms with Gasteiger partial charge in [0.15, 0.2) is 9.84 Å². The van der Waals surface area contributed by atoms with Gasteiger partial charge in [0.2, 0.25) is 0 Å². The third kappa shape index (κ3) is 5.72. The molecule has 0 amide bonds. The zero-order valence-electron chi connectivity index (χ0n) is 17.9. The van der Waals surface area contributed by atoms with Crippen LogP contribution in [0.4, 0.5) is 0 Å². The number of methoxy groups -OCH3 is 1. The Hall–Kier alpha value is -3.35. The molecule has 0 aliphatic heterocycles. The molecule has 168 valence electrons. The van der Waals surface area contributed by atoms with Crippen molar-refractivity contribution in [3.05, 3.63) is 107 Å². The number of para-hydroxylation sites is 1. The van der Waals surface area contributed by atoms with Gasteiger partial charge in [0.05, 0.1) is 12.9 Å². The number of aromatic nitrogens is 1. The first kappa shape index (κ1) is 22.8. The number of halogens is 1. The fourth-order valence-electron chi connectivity index (χ4n) is 3.39. The Morgan fingerprint density at radius 2 is 1.61 bits per heavy atom. The molecule has 0 aliphatic carbocycles. The average molecular weight is 480 g/mol. The topological polar surface area (TPSA) is 65.5 Å². The van der Waals surface area contributed by atoms with Crippen LogP contribution < -0.4 is 9.47 Å². The highest BCUT2D eigenvalue weighted by Crippen LogP contribution is 2.30. The predicted octanol–water partition coefficient (Wildman–Crippen LogP) is 5.96. The first-order valence-corrected chi connectivity index (χ1v) is 12.2. The van der Waals surface area contributed by atoms with Crippen molar-refractivity contribution < 1.29 is 17.9 Å². The van der Waals surface area contributed by atoms with Crippen LogP contribution in [0.3, 0.4) is 0 Å². The Morgan fingerprint density at radius 1 is 0.848 bits per heavy atom. The van der Waals surface area contributed by atoms with Gasteiger partial charge in [-0.1, -0.05) is 54.1 Å². The second kappa shape index (κ2) is 10.1. The molecule has 0 fully saturated rings. The van der Waals surface area contributed by atoms with Gasteiger partial charge in [0.1, 0.15) is 23.0 Å². The van der Waals surface area contributed by atoms with Crippen molar-refractivity contribution in [2.45, 2.75) is 17.3 Å². The van der Waals surface area contributed by atoms with Crippen molar-refractivity contribution in [2.24, 2.45) is 0 Å². The Morgan fingerprint density at radius 3 is 2.33 bits per heavy atom. The second-order valence-corrected chi connectivity index (χ2v) is 9.83. The summed E-state index contributed by atoms with van der Waals surface area (Å²) in [5, 5.41) is 0.331. The van der Waals surface area contributed by atoms with Crippen molar-refractivity contribution in [3.8, 4) is 22.6 Å². The summed E-state index contributed by atoms with van der Waals surface area (Å²) < 4.78 is 37.1. The number of pyridine rings is 1. The molecule has 1 aromatic heterocycles. The van der Waals surface area contributed by atoms with E-state index in [2.05, 4.69) is 4.98 Å². The average Bonchev–Trinajstić information content (AvgIpc) is 2.83. The fraction of sp³-hybridized carbons (Fsp3) is 0.115. The molecule has 0 saturated carbocycles. The van der Waals surface area contributed by atoms with Crippen LogP contribution in [0, 0.1) is 0 Å². The number of ether oxygens (including phenoxy) is 2. The minimum Gasteiger partial charge on any atom is -0.495 e. The number of hydrogen-bond donors (Lipinski definition) is 0. The summed E-state index contributed by atoms with van der Waals surface area (Å²) in [5.41, 5.74) is 3.37. The van der Waals surface area contributed by atoms with Crippen LogP contribution >= 0.6 is 11.6 Å². The van der Waals surface area contributed by atoms with E-state index in [4.69, 9.17) is 21.1 Å². The van der Waals surface area contributed by atoms with E-state index in [0.29, 0.717) is 17.2 Å². The maximum Gasteiger partial charge on any atom is 0.186 e. The molecular formula is C26H22ClNO4S. The molecule has 3 aromatic carbocycles. The third-order valence-electron chi connectivity index (χ3n) is 5.05. The van der Waals surface area contributed by atoms with Crippen molar-refractivity contribution in [1.29, 1.82) is 0 Å². The van der Waals surface area contributed by atoms with Crippen molar-refractivity contribution in [1.82, 2.24) is 4.98 Å². The summed E-state index contributed by atoms with van der Waals surface area (Å²) in [6.45, 7) is 0.461. The Labute approximate surface area is 198 Å². The van der Waals surface area contributed by atoms with Crippen molar-refractivity contribution in [3.63, 3.8) is 0 Å². The van der Waals surface area contributed by atoms with Gasteiger partial charge in [-0.25, -0.2) is 8.42 Å². The molecule has 0 spiro atoms. The smallest absolute Gasteiger partial charge is 0.186 e. The van der Waals surface area contributed by atoms with Gasteiger partial charge in [-0.05, 0) is 53.1 Å². The molecule has 4 aromatic rings. The van der Waals surface area contributed by atoms with Crippen LogP contribution in [-0.4, -0.2) is 20.5 Å². The maximum atomic E-state index is 13.0. The molecule has 1 heterocycles. The van der Waals surface area contributed by atoms with Crippen LogP contribution in [0.5, 0.6) is 11.5 Å². The fourth-order valence-corrected chi connectivity index (χ4v) is 5.15. The van der Waals surface area contributed by atoms with E-state index >= 15 is 0 Å². The SMILES string of the molecule is COc1ccc(Cl)cc1S(=O)(=O)Cc1cncc(-c2ccc(COc3ccccc3)cc2)c1. The number of rotatable bonds is 8. The molecule has 4 rings (SSSR count). The number of sulfone groups is 1. The highest BCUT2D eigenvalue weighted by molar-refractivity contribution is 7.90. The number of hydrogen-bond acceptors (Lipinski definition) is 5. The van der Waals surface area contributed by atoms with E-state index < -0.39 is 9.84 Å². The van der Waals surface area contributed by atoms with Crippen molar-refractivity contribution in [2.75, 3.05) is 7.11 Å². The summed E-state index contributed by atoms with van der Waals surface area (Å²) in [7, 11) is -2.25. The van der Waals surface area contributed by atoms with E-state index in [0.717, 1.165) is 22.4 Å². The van der Waals surface area contributed by atoms with Crippen LogP contribution in [0.25, 0.3) is 11.1 Å². The first-order chi connectivity index (χ1) is 15.9. The zero-order valence-corrected chi connectivity index (χ0v) is 19.5. The van der Waals surface area contributed by atoms with Gasteiger partial charge in [-0.2, -0.15) is 0 Å². The van der Waals surface area contributed by atoms with E-state index in [1.54, 1.807) is 24.5 Å². The first-order valence-electron chi connectivity index (χ1n) is 10.2. The maximum absolute atomic E-state index is 13.0. The molecule has 0 radical (unpaired) electrons. The van der Waals surface area contributed by atoms with E-state index in [1.165, 1.54) is 13.2 Å². The van der Waals surface area contributed by atoms with Gasteiger partial charge in [-0.15, -0.1) is 0 Å². The monoisotopic (exact) mass is 479 g/mol. The summed E-state index contributed by atoms with van der Waals surface area (Å²) in [6.07, 6.45) is 3.27. The zero-order chi connectivity index (χ0) is 23.3. The normalized spacial score (nSPS) is 11.2. The molecule has 0 unspecified atom stereocenters. The molecule has 0 atom stereocenters. The standard InChI is InChI=1S/C26H22ClNO4S/c1-31-25-12-11-23(27)14-26(25)33(29,30)18-20-13-22(16-28-15-20)21-9-7-19(8-10-21)17-32-24-5-3-2-4-6-24/h2-16H,17-18H2,1H3. The lowest BCUT2D eigenvalue weighted by Crippen LogP contribution is -2.07. The quantitative estimate of drug-likeness (QED) is 0.312. The Kier molecular flexibility index (Phi) is 6.96. The van der Waals surface area contributed by atoms with Crippen LogP contribution in [0.1, 0.15) is 11.1 Å². The minimum absolute atomic E-state index is 0.0608. The highest BCUT2D eigenvalue weighted by atomic mass is 35.5. The lowest BCUT2D eigenvalue weighted by molar-refractivity contribution is 0.306. The lowest BCUT2D eigenvalue weighted by atomic mass is 10.0. The third-order valence-corrected chi connectivity index (χ3v) is 6.99. The molecule has 0 bridgehead atoms. The summed E-state index contributed by atoms with van der Waals surface area (Å²) in [6, 6.07) is 23.9. The summed E-state index contributed by atoms with van der Waals surface area (Å²) in [4.78, 5) is 4.31. The number of nitrogens with zero attached hydrogens (tertiary/aromatic N) is 1. The van der Waals surface area contributed by atoms with Gasteiger partial charge in [-0.3, -0.25) is 4.98 Å². The van der Waals surface area contributed by atoms with Crippen LogP contribution in [0.15, 0.2) is 96.2 Å². The van der Waals surface area contributed by atoms with E-state index in [-0.39, 0.29) is 16.4 Å². The Bertz CT molecular complexity index is 1340. The van der Waals surface area contributed by atoms with Gasteiger partial charge in [0, 0.05) is 23.0 Å². The van der Waals surface area contributed by atoms with Crippen LogP contribution in [-0.2, 0) is 22.2 Å². The lowest BCUT2D eigenvalue weighted by Gasteiger charge is -2.11. The molecule has 5 nitrogen and oxygen atoms in total. The van der Waals surface area contributed by atoms with Crippen LogP contribution in [0.2, 0.25) is 5.02 Å². The summed E-state index contributed by atoms with van der Waals surface area (Å²) >= 11 is 6.02.